The smallest absolute Gasteiger partial charge is 0.0620 e. The zero-order chi connectivity index (χ0) is 23.1. The van der Waals surface area contributed by atoms with E-state index < -0.39 is 0 Å². The third-order valence-electron chi connectivity index (χ3n) is 8.54. The second kappa shape index (κ2) is 5.69. The van der Waals surface area contributed by atoms with E-state index in [1.165, 1.54) is 87.0 Å². The van der Waals surface area contributed by atoms with Crippen LogP contribution in [0.3, 0.4) is 0 Å². The van der Waals surface area contributed by atoms with Crippen molar-refractivity contribution in [3.63, 3.8) is 0 Å². The van der Waals surface area contributed by atoms with Crippen LogP contribution in [0.5, 0.6) is 0 Å². The van der Waals surface area contributed by atoms with Gasteiger partial charge in [0, 0.05) is 43.1 Å². The summed E-state index contributed by atoms with van der Waals surface area (Å²) in [6.07, 6.45) is 0. The van der Waals surface area contributed by atoms with E-state index in [2.05, 4.69) is 118 Å². The first kappa shape index (κ1) is 17.6. The maximum absolute atomic E-state index is 2.49. The Kier molecular flexibility index (Phi) is 2.78. The molecule has 164 valence electrons. The summed E-state index contributed by atoms with van der Waals surface area (Å²) in [5.41, 5.74) is 7.80. The molecule has 0 amide bonds. The molecule has 0 aliphatic rings. The van der Waals surface area contributed by atoms with Gasteiger partial charge >= 0.3 is 0 Å². The van der Waals surface area contributed by atoms with Crippen molar-refractivity contribution in [3.8, 4) is 0 Å². The lowest BCUT2D eigenvalue weighted by Gasteiger charge is -2.05. The molecular formula is C34H18N2. The molecule has 0 saturated heterocycles. The van der Waals surface area contributed by atoms with E-state index in [0.29, 0.717) is 0 Å². The number of benzene rings is 6. The number of hydrogen-bond acceptors (Lipinski definition) is 0. The minimum atomic E-state index is 1.28. The highest BCUT2D eigenvalue weighted by molar-refractivity contribution is 6.31. The van der Waals surface area contributed by atoms with Gasteiger partial charge in [-0.3, -0.25) is 0 Å². The maximum Gasteiger partial charge on any atom is 0.0620 e. The summed E-state index contributed by atoms with van der Waals surface area (Å²) in [6.45, 7) is 0. The average Bonchev–Trinajstić information content (AvgIpc) is 3.65. The minimum absolute atomic E-state index is 1.28. The van der Waals surface area contributed by atoms with Gasteiger partial charge in [0.25, 0.3) is 0 Å². The van der Waals surface area contributed by atoms with Gasteiger partial charge in [-0.1, -0.05) is 78.9 Å². The maximum atomic E-state index is 2.49. The fraction of sp³-hybridized carbons (Fsp3) is 0. The highest BCUT2D eigenvalue weighted by atomic mass is 14.9. The van der Waals surface area contributed by atoms with E-state index in [1.54, 1.807) is 0 Å². The summed E-state index contributed by atoms with van der Waals surface area (Å²) in [7, 11) is 0. The molecule has 0 aliphatic heterocycles. The molecule has 0 saturated carbocycles. The standard InChI is InChI=1S/C34H18N2/c1-3-13-28-21(8-1)23-10-6-12-25-32-26-18-31-27(17-19(26)15-16-30(32)35(28)34(23)25)24-11-5-9-22-20-7-2-4-14-29(20)36(31)33(22)24/h1-18H. The lowest BCUT2D eigenvalue weighted by molar-refractivity contribution is 1.37. The summed E-state index contributed by atoms with van der Waals surface area (Å²) in [4.78, 5) is 0. The molecule has 0 N–H and O–H groups in total. The molecular weight excluding hydrogens is 436 g/mol. The summed E-state index contributed by atoms with van der Waals surface area (Å²) >= 11 is 0. The van der Waals surface area contributed by atoms with Crippen molar-refractivity contribution in [2.75, 3.05) is 0 Å². The van der Waals surface area contributed by atoms with E-state index >= 15 is 0 Å². The highest BCUT2D eigenvalue weighted by Gasteiger charge is 2.21. The highest BCUT2D eigenvalue weighted by Crippen LogP contribution is 2.44. The summed E-state index contributed by atoms with van der Waals surface area (Å²) in [6, 6.07) is 40.6. The lowest BCUT2D eigenvalue weighted by atomic mass is 9.99. The molecule has 4 heterocycles. The molecule has 0 spiro atoms. The number of hydrogen-bond donors (Lipinski definition) is 0. The van der Waals surface area contributed by atoms with E-state index in [0.717, 1.165) is 0 Å². The number of fused-ring (bicyclic) bond motifs is 14. The van der Waals surface area contributed by atoms with E-state index in [4.69, 9.17) is 0 Å². The fourth-order valence-electron chi connectivity index (χ4n) is 7.18. The van der Waals surface area contributed by atoms with E-state index in [1.807, 2.05) is 0 Å². The third-order valence-corrected chi connectivity index (χ3v) is 8.54. The summed E-state index contributed by atoms with van der Waals surface area (Å²) in [5, 5.41) is 13.3. The van der Waals surface area contributed by atoms with E-state index in [9.17, 15) is 0 Å². The van der Waals surface area contributed by atoms with Crippen LogP contribution in [0.25, 0.3) is 87.0 Å². The third kappa shape index (κ3) is 1.78. The quantitative estimate of drug-likeness (QED) is 0.216. The van der Waals surface area contributed by atoms with Gasteiger partial charge < -0.3 is 8.80 Å². The van der Waals surface area contributed by atoms with Gasteiger partial charge in [-0.05, 0) is 41.1 Å². The predicted molar refractivity (Wildman–Crippen MR) is 153 cm³/mol. The zero-order valence-electron chi connectivity index (χ0n) is 19.3. The van der Waals surface area contributed by atoms with Crippen molar-refractivity contribution in [2.24, 2.45) is 0 Å². The predicted octanol–water partition coefficient (Wildman–Crippen LogP) is 9.14. The Morgan fingerprint density at radius 1 is 0.333 bits per heavy atom. The van der Waals surface area contributed by atoms with Crippen LogP contribution >= 0.6 is 0 Å². The lowest BCUT2D eigenvalue weighted by Crippen LogP contribution is -1.83. The van der Waals surface area contributed by atoms with Gasteiger partial charge in [-0.15, -0.1) is 0 Å². The van der Waals surface area contributed by atoms with Crippen LogP contribution in [-0.2, 0) is 0 Å². The Bertz CT molecular complexity index is 2520. The van der Waals surface area contributed by atoms with Gasteiger partial charge in [0.05, 0.1) is 33.1 Å². The first-order valence-electron chi connectivity index (χ1n) is 12.5. The molecule has 10 aromatic rings. The van der Waals surface area contributed by atoms with Crippen LogP contribution in [0.4, 0.5) is 0 Å². The van der Waals surface area contributed by atoms with Crippen LogP contribution in [-0.4, -0.2) is 8.80 Å². The van der Waals surface area contributed by atoms with Crippen LogP contribution in [0, 0.1) is 0 Å². The van der Waals surface area contributed by atoms with Crippen LogP contribution in [0.15, 0.2) is 109 Å². The van der Waals surface area contributed by atoms with Gasteiger partial charge in [0.15, 0.2) is 0 Å². The number of nitrogens with zero attached hydrogens (tertiary/aromatic N) is 2. The second-order valence-corrected chi connectivity index (χ2v) is 10.2. The van der Waals surface area contributed by atoms with Crippen molar-refractivity contribution < 1.29 is 0 Å². The molecule has 0 atom stereocenters. The summed E-state index contributed by atoms with van der Waals surface area (Å²) in [5.74, 6) is 0. The molecule has 6 aromatic carbocycles. The molecule has 0 radical (unpaired) electrons. The molecule has 2 heteroatoms. The fourth-order valence-corrected chi connectivity index (χ4v) is 7.18. The average molecular weight is 455 g/mol. The normalized spacial score (nSPS) is 13.0. The summed E-state index contributed by atoms with van der Waals surface area (Å²) < 4.78 is 4.96. The molecule has 0 unspecified atom stereocenters. The molecule has 4 aromatic heterocycles. The SMILES string of the molecule is c1ccc2c(c1)c1cccc3c4cc5ccc6c(c5cc4n2c13)c1cccc2c3ccccc3n6c21. The molecule has 0 aliphatic carbocycles. The first-order valence-corrected chi connectivity index (χ1v) is 12.5. The second-order valence-electron chi connectivity index (χ2n) is 10.2. The molecule has 0 fully saturated rings. The van der Waals surface area contributed by atoms with Crippen molar-refractivity contribution in [1.29, 1.82) is 0 Å². The zero-order valence-corrected chi connectivity index (χ0v) is 19.3. The monoisotopic (exact) mass is 454 g/mol. The molecule has 36 heavy (non-hydrogen) atoms. The largest absolute Gasteiger partial charge is 0.308 e. The Balaban J connectivity index is 1.50. The van der Waals surface area contributed by atoms with Crippen molar-refractivity contribution in [2.45, 2.75) is 0 Å². The minimum Gasteiger partial charge on any atom is -0.308 e. The van der Waals surface area contributed by atoms with Crippen molar-refractivity contribution >= 4 is 87.0 Å². The van der Waals surface area contributed by atoms with Crippen LogP contribution in [0.1, 0.15) is 0 Å². The van der Waals surface area contributed by atoms with Crippen molar-refractivity contribution in [1.82, 2.24) is 8.80 Å². The number of aromatic nitrogens is 2. The Labute approximate surface area is 204 Å². The van der Waals surface area contributed by atoms with Crippen LogP contribution in [0.2, 0.25) is 0 Å². The Morgan fingerprint density at radius 2 is 0.889 bits per heavy atom. The van der Waals surface area contributed by atoms with Gasteiger partial charge in [-0.25, -0.2) is 0 Å². The van der Waals surface area contributed by atoms with E-state index in [-0.39, 0.29) is 0 Å². The van der Waals surface area contributed by atoms with Crippen molar-refractivity contribution in [3.05, 3.63) is 109 Å². The van der Waals surface area contributed by atoms with Gasteiger partial charge in [0.2, 0.25) is 0 Å². The number of rotatable bonds is 0. The topological polar surface area (TPSA) is 8.82 Å². The Morgan fingerprint density at radius 3 is 1.61 bits per heavy atom. The van der Waals surface area contributed by atoms with Gasteiger partial charge in [-0.2, -0.15) is 0 Å². The van der Waals surface area contributed by atoms with Crippen LogP contribution < -0.4 is 0 Å². The number of para-hydroxylation sites is 4. The molecule has 10 rings (SSSR count). The first-order chi connectivity index (χ1) is 17.9. The molecule has 2 nitrogen and oxygen atoms in total. The Hall–Kier alpha value is -4.82. The van der Waals surface area contributed by atoms with Gasteiger partial charge in [0.1, 0.15) is 0 Å². The molecule has 0 bridgehead atoms.